The Labute approximate surface area is 151 Å². The summed E-state index contributed by atoms with van der Waals surface area (Å²) in [5.41, 5.74) is 5.82. The lowest BCUT2D eigenvalue weighted by molar-refractivity contribution is 0.0789. The van der Waals surface area contributed by atoms with Gasteiger partial charge in [-0.15, -0.1) is 12.4 Å². The molecule has 0 radical (unpaired) electrons. The number of unbranched alkanes of at least 4 members (excludes halogenated alkanes) is 1. The molecule has 0 aromatic heterocycles. The molecule has 24 heavy (non-hydrogen) atoms. The highest BCUT2D eigenvalue weighted by Crippen LogP contribution is 2.17. The van der Waals surface area contributed by atoms with E-state index in [0.717, 1.165) is 12.8 Å². The van der Waals surface area contributed by atoms with E-state index in [1.807, 2.05) is 13.8 Å². The van der Waals surface area contributed by atoms with Crippen LogP contribution in [-0.2, 0) is 10.0 Å². The van der Waals surface area contributed by atoms with E-state index < -0.39 is 10.0 Å². The van der Waals surface area contributed by atoms with E-state index in [1.165, 1.54) is 6.07 Å². The number of benzene rings is 1. The number of halogens is 1. The van der Waals surface area contributed by atoms with Crippen molar-refractivity contribution in [2.24, 2.45) is 5.73 Å². The van der Waals surface area contributed by atoms with Crippen molar-refractivity contribution < 1.29 is 13.2 Å². The van der Waals surface area contributed by atoms with Crippen LogP contribution in [0.1, 0.15) is 43.5 Å². The summed E-state index contributed by atoms with van der Waals surface area (Å²) in [4.78, 5) is 14.1. The topological polar surface area (TPSA) is 92.5 Å². The molecule has 0 spiro atoms. The number of nitrogens with two attached hydrogens (primary N) is 1. The molecule has 0 heterocycles. The third-order valence-corrected chi connectivity index (χ3v) is 5.01. The largest absolute Gasteiger partial charge is 0.342 e. The number of amides is 1. The number of nitrogens with one attached hydrogen (secondary N) is 1. The third kappa shape index (κ3) is 6.76. The van der Waals surface area contributed by atoms with Crippen molar-refractivity contribution in [2.45, 2.75) is 44.0 Å². The van der Waals surface area contributed by atoms with Gasteiger partial charge in [0.15, 0.2) is 0 Å². The Balaban J connectivity index is 0.00000529. The first kappa shape index (κ1) is 22.9. The molecule has 0 bridgehead atoms. The molecule has 0 aliphatic heterocycles. The highest BCUT2D eigenvalue weighted by molar-refractivity contribution is 7.89. The predicted molar refractivity (Wildman–Crippen MR) is 99.0 cm³/mol. The monoisotopic (exact) mass is 377 g/mol. The minimum absolute atomic E-state index is 0. The molecule has 1 aromatic rings. The van der Waals surface area contributed by atoms with E-state index in [9.17, 15) is 13.2 Å². The summed E-state index contributed by atoms with van der Waals surface area (Å²) < 4.78 is 27.4. The number of nitrogens with zero attached hydrogens (tertiary/aromatic N) is 1. The van der Waals surface area contributed by atoms with Gasteiger partial charge in [0.2, 0.25) is 10.0 Å². The minimum atomic E-state index is -3.74. The van der Waals surface area contributed by atoms with Crippen molar-refractivity contribution in [2.75, 3.05) is 20.1 Å². The molecule has 138 valence electrons. The van der Waals surface area contributed by atoms with Gasteiger partial charge in [0.1, 0.15) is 0 Å². The molecular formula is C16H28ClN3O3S. The van der Waals surface area contributed by atoms with Crippen molar-refractivity contribution in [3.63, 3.8) is 0 Å². The molecule has 0 saturated heterocycles. The van der Waals surface area contributed by atoms with Gasteiger partial charge in [-0.1, -0.05) is 25.5 Å². The molecule has 1 atom stereocenters. The summed E-state index contributed by atoms with van der Waals surface area (Å²) in [5.74, 6) is -0.286. The molecule has 6 nitrogen and oxygen atoms in total. The molecule has 1 aromatic carbocycles. The predicted octanol–water partition coefficient (Wildman–Crippen LogP) is 2.00. The zero-order valence-electron chi connectivity index (χ0n) is 14.5. The lowest BCUT2D eigenvalue weighted by Crippen LogP contribution is -2.32. The fourth-order valence-electron chi connectivity index (χ4n) is 2.08. The smallest absolute Gasteiger partial charge is 0.254 e. The number of rotatable bonds is 9. The second kappa shape index (κ2) is 10.7. The van der Waals surface area contributed by atoms with E-state index in [2.05, 4.69) is 4.72 Å². The molecular weight excluding hydrogens is 350 g/mol. The third-order valence-electron chi connectivity index (χ3n) is 3.49. The SMILES string of the molecule is CCCCN(C)C(=O)c1ccccc1S(=O)(=O)NCCC(C)N.Cl. The Morgan fingerprint density at radius 2 is 1.96 bits per heavy atom. The number of sulfonamides is 1. The van der Waals surface area contributed by atoms with E-state index in [1.54, 1.807) is 30.1 Å². The Kier molecular flexibility index (Phi) is 10.1. The summed E-state index contributed by atoms with van der Waals surface area (Å²) in [6, 6.07) is 6.19. The standard InChI is InChI=1S/C16H27N3O3S.ClH/c1-4-5-12-19(3)16(20)14-8-6-7-9-15(14)23(21,22)18-11-10-13(2)17;/h6-9,13,18H,4-5,10-12,17H2,1-3H3;1H. The second-order valence-corrected chi connectivity index (χ2v) is 7.48. The fourth-order valence-corrected chi connectivity index (χ4v) is 3.32. The molecule has 0 fully saturated rings. The highest BCUT2D eigenvalue weighted by atomic mass is 35.5. The Hall–Kier alpha value is -1.15. The molecule has 8 heteroatoms. The van der Waals surface area contributed by atoms with Gasteiger partial charge in [-0.05, 0) is 31.9 Å². The van der Waals surface area contributed by atoms with Crippen molar-refractivity contribution in [1.82, 2.24) is 9.62 Å². The molecule has 0 aliphatic carbocycles. The van der Waals surface area contributed by atoms with E-state index in [4.69, 9.17) is 5.73 Å². The fraction of sp³-hybridized carbons (Fsp3) is 0.562. The number of hydrogen-bond acceptors (Lipinski definition) is 4. The first-order valence-corrected chi connectivity index (χ1v) is 9.37. The molecule has 1 amide bonds. The van der Waals surface area contributed by atoms with Gasteiger partial charge in [0, 0.05) is 26.2 Å². The number of carbonyl (C=O) groups excluding carboxylic acids is 1. The van der Waals surface area contributed by atoms with Gasteiger partial charge in [-0.3, -0.25) is 4.79 Å². The van der Waals surface area contributed by atoms with Crippen LogP contribution in [0.15, 0.2) is 29.2 Å². The van der Waals surface area contributed by atoms with Crippen LogP contribution >= 0.6 is 12.4 Å². The summed E-state index contributed by atoms with van der Waals surface area (Å²) in [5, 5.41) is 0. The quantitative estimate of drug-likeness (QED) is 0.688. The summed E-state index contributed by atoms with van der Waals surface area (Å²) in [7, 11) is -2.05. The first-order valence-electron chi connectivity index (χ1n) is 7.89. The molecule has 3 N–H and O–H groups in total. The lowest BCUT2D eigenvalue weighted by Gasteiger charge is -2.19. The van der Waals surface area contributed by atoms with E-state index >= 15 is 0 Å². The van der Waals surface area contributed by atoms with Crippen LogP contribution < -0.4 is 10.5 Å². The van der Waals surface area contributed by atoms with E-state index in [-0.39, 0.29) is 41.4 Å². The maximum Gasteiger partial charge on any atom is 0.254 e. The van der Waals surface area contributed by atoms with Crippen molar-refractivity contribution in [3.05, 3.63) is 29.8 Å². The van der Waals surface area contributed by atoms with Crippen LogP contribution in [0.5, 0.6) is 0 Å². The van der Waals surface area contributed by atoms with Gasteiger partial charge < -0.3 is 10.6 Å². The van der Waals surface area contributed by atoms with Crippen molar-refractivity contribution in [1.29, 1.82) is 0 Å². The average molecular weight is 378 g/mol. The van der Waals surface area contributed by atoms with E-state index in [0.29, 0.717) is 13.0 Å². The van der Waals surface area contributed by atoms with Gasteiger partial charge in [-0.2, -0.15) is 0 Å². The Morgan fingerprint density at radius 1 is 1.33 bits per heavy atom. The zero-order valence-corrected chi connectivity index (χ0v) is 16.1. The second-order valence-electron chi connectivity index (χ2n) is 5.74. The minimum Gasteiger partial charge on any atom is -0.342 e. The Morgan fingerprint density at radius 3 is 2.54 bits per heavy atom. The maximum absolute atomic E-state index is 12.5. The van der Waals surface area contributed by atoms with Crippen LogP contribution in [0.2, 0.25) is 0 Å². The molecule has 0 saturated carbocycles. The van der Waals surface area contributed by atoms with Gasteiger partial charge >= 0.3 is 0 Å². The number of carbonyl (C=O) groups is 1. The zero-order chi connectivity index (χ0) is 17.5. The molecule has 0 aliphatic rings. The molecule has 1 unspecified atom stereocenters. The highest BCUT2D eigenvalue weighted by Gasteiger charge is 2.23. The average Bonchev–Trinajstić information content (AvgIpc) is 2.51. The van der Waals surface area contributed by atoms with Crippen LogP contribution in [-0.4, -0.2) is 45.4 Å². The number of hydrogen-bond donors (Lipinski definition) is 2. The molecule has 1 rings (SSSR count). The summed E-state index contributed by atoms with van der Waals surface area (Å²) in [6.45, 7) is 4.70. The van der Waals surface area contributed by atoms with Crippen LogP contribution in [0, 0.1) is 0 Å². The van der Waals surface area contributed by atoms with Gasteiger partial charge in [-0.25, -0.2) is 13.1 Å². The van der Waals surface area contributed by atoms with Gasteiger partial charge in [0.05, 0.1) is 10.5 Å². The first-order chi connectivity index (χ1) is 10.8. The van der Waals surface area contributed by atoms with Gasteiger partial charge in [0.25, 0.3) is 5.91 Å². The van der Waals surface area contributed by atoms with Crippen LogP contribution in [0.4, 0.5) is 0 Å². The van der Waals surface area contributed by atoms with Crippen LogP contribution in [0.3, 0.4) is 0 Å². The van der Waals surface area contributed by atoms with Crippen molar-refractivity contribution >= 4 is 28.3 Å². The van der Waals surface area contributed by atoms with Crippen LogP contribution in [0.25, 0.3) is 0 Å². The Bertz CT molecular complexity index is 621. The summed E-state index contributed by atoms with van der Waals surface area (Å²) in [6.07, 6.45) is 2.38. The maximum atomic E-state index is 12.5. The normalized spacial score (nSPS) is 12.3. The summed E-state index contributed by atoms with van der Waals surface area (Å²) >= 11 is 0. The van der Waals surface area contributed by atoms with Crippen molar-refractivity contribution in [3.8, 4) is 0 Å². The lowest BCUT2D eigenvalue weighted by atomic mass is 10.2.